The molecular weight excluding hydrogens is 360 g/mol. The summed E-state index contributed by atoms with van der Waals surface area (Å²) in [5.74, 6) is 0.825. The molecule has 0 spiro atoms. The fourth-order valence-electron chi connectivity index (χ4n) is 2.66. The van der Waals surface area contributed by atoms with Gasteiger partial charge in [0, 0.05) is 23.3 Å². The molecule has 1 heterocycles. The van der Waals surface area contributed by atoms with E-state index >= 15 is 0 Å². The van der Waals surface area contributed by atoms with Crippen molar-refractivity contribution < 1.29 is 4.79 Å². The Morgan fingerprint density at radius 3 is 2.59 bits per heavy atom. The van der Waals surface area contributed by atoms with Crippen LogP contribution in [-0.2, 0) is 6.54 Å². The number of nitrogens with one attached hydrogen (secondary N) is 2. The van der Waals surface area contributed by atoms with Crippen LogP contribution in [0.4, 0.5) is 11.5 Å². The Kier molecular flexibility index (Phi) is 5.72. The van der Waals surface area contributed by atoms with Crippen LogP contribution in [0.25, 0.3) is 0 Å². The highest BCUT2D eigenvalue weighted by molar-refractivity contribution is 6.31. The molecule has 2 N–H and O–H groups in total. The Morgan fingerprint density at radius 1 is 1.04 bits per heavy atom. The summed E-state index contributed by atoms with van der Waals surface area (Å²) in [6, 6.07) is 15.3. The van der Waals surface area contributed by atoms with Gasteiger partial charge >= 0.3 is 0 Å². The SMILES string of the molecule is Cc1cccc(CNc2cc(C(=O)Nc3ccc(C)c(Cl)c3)nc(C)n2)c1. The van der Waals surface area contributed by atoms with Crippen LogP contribution in [0.5, 0.6) is 0 Å². The Balaban J connectivity index is 1.73. The Bertz CT molecular complexity index is 988. The molecule has 0 bridgehead atoms. The minimum Gasteiger partial charge on any atom is -0.366 e. The van der Waals surface area contributed by atoms with E-state index in [1.54, 1.807) is 19.1 Å². The first-order valence-electron chi connectivity index (χ1n) is 8.63. The lowest BCUT2D eigenvalue weighted by Crippen LogP contribution is -2.16. The van der Waals surface area contributed by atoms with Gasteiger partial charge in [0.2, 0.25) is 0 Å². The molecule has 0 saturated heterocycles. The largest absolute Gasteiger partial charge is 0.366 e. The predicted octanol–water partition coefficient (Wildman–Crippen LogP) is 4.92. The van der Waals surface area contributed by atoms with Crippen molar-refractivity contribution in [3.63, 3.8) is 0 Å². The van der Waals surface area contributed by atoms with E-state index in [4.69, 9.17) is 11.6 Å². The van der Waals surface area contributed by atoms with E-state index in [0.29, 0.717) is 34.6 Å². The van der Waals surface area contributed by atoms with Gasteiger partial charge in [0.25, 0.3) is 5.91 Å². The third-order valence-corrected chi connectivity index (χ3v) is 4.46. The van der Waals surface area contributed by atoms with Crippen molar-refractivity contribution in [1.29, 1.82) is 0 Å². The highest BCUT2D eigenvalue weighted by atomic mass is 35.5. The van der Waals surface area contributed by atoms with E-state index in [0.717, 1.165) is 11.1 Å². The number of anilines is 2. The summed E-state index contributed by atoms with van der Waals surface area (Å²) in [4.78, 5) is 21.2. The van der Waals surface area contributed by atoms with E-state index in [9.17, 15) is 4.79 Å². The number of benzene rings is 2. The normalized spacial score (nSPS) is 10.5. The molecule has 3 aromatic rings. The molecule has 27 heavy (non-hydrogen) atoms. The maximum atomic E-state index is 12.6. The zero-order chi connectivity index (χ0) is 19.4. The molecule has 1 amide bonds. The molecular formula is C21H21ClN4O. The lowest BCUT2D eigenvalue weighted by atomic mass is 10.1. The average Bonchev–Trinajstić information content (AvgIpc) is 2.63. The topological polar surface area (TPSA) is 66.9 Å². The summed E-state index contributed by atoms with van der Waals surface area (Å²) in [6.45, 7) is 6.34. The van der Waals surface area contributed by atoms with Crippen molar-refractivity contribution >= 4 is 29.0 Å². The van der Waals surface area contributed by atoms with Crippen LogP contribution in [0.2, 0.25) is 5.02 Å². The van der Waals surface area contributed by atoms with E-state index in [-0.39, 0.29) is 5.91 Å². The fourth-order valence-corrected chi connectivity index (χ4v) is 2.84. The van der Waals surface area contributed by atoms with Crippen LogP contribution in [-0.4, -0.2) is 15.9 Å². The molecule has 1 aromatic heterocycles. The summed E-state index contributed by atoms with van der Waals surface area (Å²) < 4.78 is 0. The van der Waals surface area contributed by atoms with Crippen LogP contribution in [0, 0.1) is 20.8 Å². The van der Waals surface area contributed by atoms with Crippen molar-refractivity contribution in [3.8, 4) is 0 Å². The number of rotatable bonds is 5. The maximum absolute atomic E-state index is 12.6. The number of hydrogen-bond acceptors (Lipinski definition) is 4. The van der Waals surface area contributed by atoms with Crippen molar-refractivity contribution in [2.75, 3.05) is 10.6 Å². The standard InChI is InChI=1S/C21H21ClN4O/c1-13-5-4-6-16(9-13)12-23-20-11-19(24-15(3)25-20)21(27)26-17-8-7-14(2)18(22)10-17/h4-11H,12H2,1-3H3,(H,26,27)(H,23,24,25). The minimum atomic E-state index is -0.306. The van der Waals surface area contributed by atoms with E-state index < -0.39 is 0 Å². The van der Waals surface area contributed by atoms with Crippen molar-refractivity contribution in [3.05, 3.63) is 81.8 Å². The van der Waals surface area contributed by atoms with Crippen molar-refractivity contribution in [1.82, 2.24) is 9.97 Å². The van der Waals surface area contributed by atoms with E-state index in [2.05, 4.69) is 39.7 Å². The molecule has 0 saturated carbocycles. The van der Waals surface area contributed by atoms with Gasteiger partial charge in [-0.2, -0.15) is 0 Å². The molecule has 2 aromatic carbocycles. The first-order valence-corrected chi connectivity index (χ1v) is 9.01. The summed E-state index contributed by atoms with van der Waals surface area (Å²) in [5.41, 5.74) is 4.22. The third kappa shape index (κ3) is 5.05. The maximum Gasteiger partial charge on any atom is 0.274 e. The number of hydrogen-bond donors (Lipinski definition) is 2. The van der Waals surface area contributed by atoms with Gasteiger partial charge in [-0.1, -0.05) is 47.5 Å². The number of halogens is 1. The van der Waals surface area contributed by atoms with Gasteiger partial charge in [-0.15, -0.1) is 0 Å². The molecule has 6 heteroatoms. The van der Waals surface area contributed by atoms with Crippen LogP contribution in [0.1, 0.15) is 33.0 Å². The Morgan fingerprint density at radius 2 is 1.85 bits per heavy atom. The van der Waals surface area contributed by atoms with E-state index in [1.165, 1.54) is 5.56 Å². The molecule has 0 atom stereocenters. The predicted molar refractivity (Wildman–Crippen MR) is 109 cm³/mol. The van der Waals surface area contributed by atoms with E-state index in [1.807, 2.05) is 31.2 Å². The molecule has 0 fully saturated rings. The number of aromatic nitrogens is 2. The highest BCUT2D eigenvalue weighted by Gasteiger charge is 2.11. The lowest BCUT2D eigenvalue weighted by molar-refractivity contribution is 0.102. The second kappa shape index (κ2) is 8.18. The first kappa shape index (κ1) is 18.9. The summed E-state index contributed by atoms with van der Waals surface area (Å²) in [6.07, 6.45) is 0. The number of carbonyl (C=O) groups is 1. The van der Waals surface area contributed by atoms with Crippen LogP contribution < -0.4 is 10.6 Å². The molecule has 5 nitrogen and oxygen atoms in total. The molecule has 3 rings (SSSR count). The smallest absolute Gasteiger partial charge is 0.274 e. The van der Waals surface area contributed by atoms with Gasteiger partial charge in [0.05, 0.1) is 0 Å². The first-order chi connectivity index (χ1) is 12.9. The molecule has 0 aliphatic rings. The van der Waals surface area contributed by atoms with Gasteiger partial charge in [-0.05, 0) is 44.0 Å². The van der Waals surface area contributed by atoms with Crippen LogP contribution in [0.3, 0.4) is 0 Å². The zero-order valence-electron chi connectivity index (χ0n) is 15.5. The molecule has 0 aliphatic heterocycles. The van der Waals surface area contributed by atoms with Gasteiger partial charge in [-0.3, -0.25) is 4.79 Å². The third-order valence-electron chi connectivity index (χ3n) is 4.06. The fraction of sp³-hybridized carbons (Fsp3) is 0.190. The van der Waals surface area contributed by atoms with Gasteiger partial charge in [0.15, 0.2) is 0 Å². The second-order valence-corrected chi connectivity index (χ2v) is 6.85. The molecule has 138 valence electrons. The van der Waals surface area contributed by atoms with Gasteiger partial charge < -0.3 is 10.6 Å². The number of carbonyl (C=O) groups excluding carboxylic acids is 1. The summed E-state index contributed by atoms with van der Waals surface area (Å²) in [7, 11) is 0. The number of amides is 1. The van der Waals surface area contributed by atoms with Gasteiger partial charge in [0.1, 0.15) is 17.3 Å². The minimum absolute atomic E-state index is 0.297. The van der Waals surface area contributed by atoms with Crippen molar-refractivity contribution in [2.45, 2.75) is 27.3 Å². The zero-order valence-corrected chi connectivity index (χ0v) is 16.3. The quantitative estimate of drug-likeness (QED) is 0.659. The molecule has 0 radical (unpaired) electrons. The van der Waals surface area contributed by atoms with Gasteiger partial charge in [-0.25, -0.2) is 9.97 Å². The lowest BCUT2D eigenvalue weighted by Gasteiger charge is -2.10. The monoisotopic (exact) mass is 380 g/mol. The second-order valence-electron chi connectivity index (χ2n) is 6.45. The average molecular weight is 381 g/mol. The molecule has 0 aliphatic carbocycles. The summed E-state index contributed by atoms with van der Waals surface area (Å²) in [5, 5.41) is 6.68. The number of nitrogens with zero attached hydrogens (tertiary/aromatic N) is 2. The molecule has 0 unspecified atom stereocenters. The Labute approximate surface area is 163 Å². The highest BCUT2D eigenvalue weighted by Crippen LogP contribution is 2.20. The van der Waals surface area contributed by atoms with Crippen LogP contribution in [0.15, 0.2) is 48.5 Å². The van der Waals surface area contributed by atoms with Crippen molar-refractivity contribution in [2.24, 2.45) is 0 Å². The number of aryl methyl sites for hydroxylation is 3. The Hall–Kier alpha value is -2.92. The van der Waals surface area contributed by atoms with Crippen LogP contribution >= 0.6 is 11.6 Å². The summed E-state index contributed by atoms with van der Waals surface area (Å²) >= 11 is 6.12.